The standard InChI is InChI=1S/C21H18N2O3/c1-14-4-2-3-5-19(14)21(26)23-17-10-8-16(9-11-17)22-20(25)15-6-12-18(24)13-7-15/h2-13,24H,1H3,(H,22,25)(H,23,26). The van der Waals surface area contributed by atoms with E-state index in [0.29, 0.717) is 22.5 Å². The van der Waals surface area contributed by atoms with Crippen LogP contribution < -0.4 is 10.6 Å². The molecule has 0 atom stereocenters. The summed E-state index contributed by atoms with van der Waals surface area (Å²) in [7, 11) is 0. The minimum atomic E-state index is -0.276. The topological polar surface area (TPSA) is 78.4 Å². The molecule has 130 valence electrons. The van der Waals surface area contributed by atoms with Crippen LogP contribution in [0.15, 0.2) is 72.8 Å². The molecule has 0 saturated carbocycles. The van der Waals surface area contributed by atoms with Crippen molar-refractivity contribution < 1.29 is 14.7 Å². The first-order valence-corrected chi connectivity index (χ1v) is 8.10. The summed E-state index contributed by atoms with van der Waals surface area (Å²) in [5.41, 5.74) is 3.22. The van der Waals surface area contributed by atoms with Crippen molar-refractivity contribution in [2.24, 2.45) is 0 Å². The van der Waals surface area contributed by atoms with E-state index in [-0.39, 0.29) is 17.6 Å². The Morgan fingerprint density at radius 2 is 1.27 bits per heavy atom. The van der Waals surface area contributed by atoms with Crippen LogP contribution in [0.3, 0.4) is 0 Å². The van der Waals surface area contributed by atoms with Gasteiger partial charge < -0.3 is 15.7 Å². The summed E-state index contributed by atoms with van der Waals surface area (Å²) in [5.74, 6) is -0.346. The van der Waals surface area contributed by atoms with Gasteiger partial charge in [-0.05, 0) is 67.1 Å². The van der Waals surface area contributed by atoms with Crippen molar-refractivity contribution in [3.63, 3.8) is 0 Å². The fourth-order valence-electron chi connectivity index (χ4n) is 2.48. The summed E-state index contributed by atoms with van der Waals surface area (Å²) in [6.07, 6.45) is 0. The molecule has 0 bridgehead atoms. The predicted octanol–water partition coefficient (Wildman–Crippen LogP) is 4.21. The Balaban J connectivity index is 1.65. The van der Waals surface area contributed by atoms with Crippen LogP contribution in [0.5, 0.6) is 5.75 Å². The zero-order valence-corrected chi connectivity index (χ0v) is 14.2. The molecule has 0 aliphatic heterocycles. The zero-order valence-electron chi connectivity index (χ0n) is 14.2. The number of aromatic hydroxyl groups is 1. The van der Waals surface area contributed by atoms with Crippen LogP contribution in [-0.2, 0) is 0 Å². The molecule has 0 saturated heterocycles. The number of benzene rings is 3. The number of phenols is 1. The molecule has 0 heterocycles. The molecule has 3 rings (SSSR count). The van der Waals surface area contributed by atoms with Gasteiger partial charge in [-0.25, -0.2) is 0 Å². The second-order valence-corrected chi connectivity index (χ2v) is 5.85. The molecule has 0 aromatic heterocycles. The lowest BCUT2D eigenvalue weighted by Gasteiger charge is -2.09. The highest BCUT2D eigenvalue weighted by molar-refractivity contribution is 6.06. The first kappa shape index (κ1) is 17.2. The van der Waals surface area contributed by atoms with Crippen molar-refractivity contribution in [1.29, 1.82) is 0 Å². The third-order valence-corrected chi connectivity index (χ3v) is 3.92. The Morgan fingerprint density at radius 1 is 0.731 bits per heavy atom. The number of rotatable bonds is 4. The van der Waals surface area contributed by atoms with Crippen molar-refractivity contribution >= 4 is 23.2 Å². The molecule has 0 aliphatic rings. The molecule has 0 spiro atoms. The summed E-state index contributed by atoms with van der Waals surface area (Å²) >= 11 is 0. The smallest absolute Gasteiger partial charge is 0.255 e. The first-order chi connectivity index (χ1) is 12.5. The molecular formula is C21H18N2O3. The summed E-state index contributed by atoms with van der Waals surface area (Å²) in [4.78, 5) is 24.5. The van der Waals surface area contributed by atoms with Gasteiger partial charge in [-0.15, -0.1) is 0 Å². The maximum atomic E-state index is 12.3. The van der Waals surface area contributed by atoms with Gasteiger partial charge in [0.15, 0.2) is 0 Å². The Labute approximate surface area is 151 Å². The molecule has 5 heteroatoms. The summed E-state index contributed by atoms with van der Waals surface area (Å²) in [6, 6.07) is 20.2. The lowest BCUT2D eigenvalue weighted by molar-refractivity contribution is 0.101. The second-order valence-electron chi connectivity index (χ2n) is 5.85. The third kappa shape index (κ3) is 4.08. The van der Waals surface area contributed by atoms with Crippen LogP contribution in [0, 0.1) is 6.92 Å². The van der Waals surface area contributed by atoms with Gasteiger partial charge in [-0.2, -0.15) is 0 Å². The minimum Gasteiger partial charge on any atom is -0.508 e. The number of phenolic OH excluding ortho intramolecular Hbond substituents is 1. The van der Waals surface area contributed by atoms with E-state index in [1.807, 2.05) is 25.1 Å². The number of carbonyl (C=O) groups excluding carboxylic acids is 2. The highest BCUT2D eigenvalue weighted by Gasteiger charge is 2.09. The molecule has 0 unspecified atom stereocenters. The van der Waals surface area contributed by atoms with E-state index < -0.39 is 0 Å². The van der Waals surface area contributed by atoms with Crippen molar-refractivity contribution in [1.82, 2.24) is 0 Å². The van der Waals surface area contributed by atoms with Gasteiger partial charge in [0, 0.05) is 22.5 Å². The fourth-order valence-corrected chi connectivity index (χ4v) is 2.48. The lowest BCUT2D eigenvalue weighted by atomic mass is 10.1. The van der Waals surface area contributed by atoms with E-state index in [2.05, 4.69) is 10.6 Å². The largest absolute Gasteiger partial charge is 0.508 e. The van der Waals surface area contributed by atoms with Gasteiger partial charge in [0.2, 0.25) is 0 Å². The monoisotopic (exact) mass is 346 g/mol. The summed E-state index contributed by atoms with van der Waals surface area (Å²) in [5, 5.41) is 14.9. The number of nitrogens with one attached hydrogen (secondary N) is 2. The third-order valence-electron chi connectivity index (χ3n) is 3.92. The molecule has 3 N–H and O–H groups in total. The summed E-state index contributed by atoms with van der Waals surface area (Å²) < 4.78 is 0. The van der Waals surface area contributed by atoms with E-state index in [1.54, 1.807) is 42.5 Å². The average molecular weight is 346 g/mol. The molecule has 0 fully saturated rings. The molecule has 2 amide bonds. The molecule has 3 aromatic carbocycles. The number of anilines is 2. The number of hydrogen-bond donors (Lipinski definition) is 3. The van der Waals surface area contributed by atoms with E-state index in [9.17, 15) is 14.7 Å². The summed E-state index contributed by atoms with van der Waals surface area (Å²) in [6.45, 7) is 1.89. The Morgan fingerprint density at radius 3 is 1.85 bits per heavy atom. The second kappa shape index (κ2) is 7.53. The van der Waals surface area contributed by atoms with Crippen LogP contribution in [-0.4, -0.2) is 16.9 Å². The van der Waals surface area contributed by atoms with Crippen molar-refractivity contribution in [3.8, 4) is 5.75 Å². The highest BCUT2D eigenvalue weighted by Crippen LogP contribution is 2.17. The maximum Gasteiger partial charge on any atom is 0.255 e. The van der Waals surface area contributed by atoms with Crippen molar-refractivity contribution in [3.05, 3.63) is 89.5 Å². The van der Waals surface area contributed by atoms with Crippen LogP contribution >= 0.6 is 0 Å². The average Bonchev–Trinajstić information content (AvgIpc) is 2.64. The lowest BCUT2D eigenvalue weighted by Crippen LogP contribution is -2.14. The van der Waals surface area contributed by atoms with Crippen LogP contribution in [0.1, 0.15) is 26.3 Å². The zero-order chi connectivity index (χ0) is 18.5. The van der Waals surface area contributed by atoms with Gasteiger partial charge in [0.1, 0.15) is 5.75 Å². The first-order valence-electron chi connectivity index (χ1n) is 8.10. The number of carbonyl (C=O) groups is 2. The molecule has 3 aromatic rings. The van der Waals surface area contributed by atoms with Crippen LogP contribution in [0.4, 0.5) is 11.4 Å². The minimum absolute atomic E-state index is 0.107. The number of amides is 2. The van der Waals surface area contributed by atoms with Gasteiger partial charge in [-0.3, -0.25) is 9.59 Å². The molecule has 0 radical (unpaired) electrons. The quantitative estimate of drug-likeness (QED) is 0.662. The molecule has 0 aliphatic carbocycles. The van der Waals surface area contributed by atoms with Crippen LogP contribution in [0.2, 0.25) is 0 Å². The number of hydrogen-bond acceptors (Lipinski definition) is 3. The Kier molecular flexibility index (Phi) is 4.99. The van der Waals surface area contributed by atoms with Gasteiger partial charge in [0.05, 0.1) is 0 Å². The fraction of sp³-hybridized carbons (Fsp3) is 0.0476. The normalized spacial score (nSPS) is 10.2. The van der Waals surface area contributed by atoms with Gasteiger partial charge >= 0.3 is 0 Å². The Bertz CT molecular complexity index is 932. The molecule has 26 heavy (non-hydrogen) atoms. The van der Waals surface area contributed by atoms with E-state index in [1.165, 1.54) is 12.1 Å². The van der Waals surface area contributed by atoms with Crippen LogP contribution in [0.25, 0.3) is 0 Å². The van der Waals surface area contributed by atoms with E-state index in [0.717, 1.165) is 5.56 Å². The predicted molar refractivity (Wildman–Crippen MR) is 102 cm³/mol. The number of aryl methyl sites for hydroxylation is 1. The molecule has 5 nitrogen and oxygen atoms in total. The van der Waals surface area contributed by atoms with Gasteiger partial charge in [0.25, 0.3) is 11.8 Å². The van der Waals surface area contributed by atoms with E-state index >= 15 is 0 Å². The van der Waals surface area contributed by atoms with Gasteiger partial charge in [-0.1, -0.05) is 18.2 Å². The van der Waals surface area contributed by atoms with E-state index in [4.69, 9.17) is 0 Å². The molecular weight excluding hydrogens is 328 g/mol. The SMILES string of the molecule is Cc1ccccc1C(=O)Nc1ccc(NC(=O)c2ccc(O)cc2)cc1. The Hall–Kier alpha value is -3.60. The van der Waals surface area contributed by atoms with Crippen molar-refractivity contribution in [2.45, 2.75) is 6.92 Å². The maximum absolute atomic E-state index is 12.3. The van der Waals surface area contributed by atoms with Crippen molar-refractivity contribution in [2.75, 3.05) is 10.6 Å². The highest BCUT2D eigenvalue weighted by atomic mass is 16.3.